The summed E-state index contributed by atoms with van der Waals surface area (Å²) in [4.78, 5) is 24.9. The van der Waals surface area contributed by atoms with Crippen molar-refractivity contribution in [3.63, 3.8) is 0 Å². The molecule has 0 aromatic heterocycles. The lowest BCUT2D eigenvalue weighted by molar-refractivity contribution is -0.137. The Morgan fingerprint density at radius 3 is 2.65 bits per heavy atom. The fourth-order valence-corrected chi connectivity index (χ4v) is 2.62. The monoisotopic (exact) mass is 326 g/mol. The van der Waals surface area contributed by atoms with E-state index in [1.807, 2.05) is 0 Å². The standard InChI is InChI=1S/C16H17F3N2O2/c1-10(11-4-2-5-12(9-11)16(17,18)19)8-14(22)21-7-3-6-13(21)15(20)23/h2,4-5,8-9,13H,3,6-7H2,1H3,(H2,20,23)/b10-8+/t13-/m0/s1. The van der Waals surface area contributed by atoms with Crippen molar-refractivity contribution in [1.29, 1.82) is 0 Å². The van der Waals surface area contributed by atoms with E-state index in [9.17, 15) is 22.8 Å². The summed E-state index contributed by atoms with van der Waals surface area (Å²) in [5, 5.41) is 0. The average molecular weight is 326 g/mol. The number of alkyl halides is 3. The maximum Gasteiger partial charge on any atom is 0.416 e. The molecule has 0 saturated carbocycles. The summed E-state index contributed by atoms with van der Waals surface area (Å²) in [5.74, 6) is -0.984. The van der Waals surface area contributed by atoms with Gasteiger partial charge in [-0.15, -0.1) is 0 Å². The van der Waals surface area contributed by atoms with Crippen LogP contribution in [-0.4, -0.2) is 29.3 Å². The molecule has 0 bridgehead atoms. The summed E-state index contributed by atoms with van der Waals surface area (Å²) in [7, 11) is 0. The molecule has 2 rings (SSSR count). The molecule has 1 heterocycles. The fraction of sp³-hybridized carbons (Fsp3) is 0.375. The predicted molar refractivity (Wildman–Crippen MR) is 79.0 cm³/mol. The molecule has 0 spiro atoms. The van der Waals surface area contributed by atoms with Crippen LogP contribution in [0.4, 0.5) is 13.2 Å². The van der Waals surface area contributed by atoms with E-state index in [-0.39, 0.29) is 0 Å². The van der Waals surface area contributed by atoms with Crippen LogP contribution in [0.1, 0.15) is 30.9 Å². The van der Waals surface area contributed by atoms with Gasteiger partial charge in [-0.2, -0.15) is 13.2 Å². The van der Waals surface area contributed by atoms with Gasteiger partial charge in [-0.3, -0.25) is 9.59 Å². The zero-order chi connectivity index (χ0) is 17.2. The molecule has 7 heteroatoms. The minimum Gasteiger partial charge on any atom is -0.368 e. The molecule has 1 aromatic rings. The van der Waals surface area contributed by atoms with E-state index in [1.54, 1.807) is 6.92 Å². The van der Waals surface area contributed by atoms with Crippen LogP contribution in [-0.2, 0) is 15.8 Å². The number of nitrogens with zero attached hydrogens (tertiary/aromatic N) is 1. The highest BCUT2D eigenvalue weighted by Crippen LogP contribution is 2.31. The largest absolute Gasteiger partial charge is 0.416 e. The van der Waals surface area contributed by atoms with Crippen LogP contribution >= 0.6 is 0 Å². The van der Waals surface area contributed by atoms with Crippen molar-refractivity contribution in [2.45, 2.75) is 32.0 Å². The lowest BCUT2D eigenvalue weighted by Gasteiger charge is -2.21. The molecule has 1 aliphatic heterocycles. The normalized spacial score (nSPS) is 19.0. The van der Waals surface area contributed by atoms with E-state index < -0.39 is 29.6 Å². The van der Waals surface area contributed by atoms with Crippen LogP contribution in [0.25, 0.3) is 5.57 Å². The number of nitrogens with two attached hydrogens (primary N) is 1. The molecule has 23 heavy (non-hydrogen) atoms. The topological polar surface area (TPSA) is 63.4 Å². The lowest BCUT2D eigenvalue weighted by atomic mass is 10.0. The van der Waals surface area contributed by atoms with Crippen molar-refractivity contribution in [2.75, 3.05) is 6.54 Å². The van der Waals surface area contributed by atoms with E-state index in [1.165, 1.54) is 23.1 Å². The molecule has 124 valence electrons. The number of benzene rings is 1. The molecule has 1 aliphatic rings. The summed E-state index contributed by atoms with van der Waals surface area (Å²) < 4.78 is 38.2. The molecule has 1 aromatic carbocycles. The first-order chi connectivity index (χ1) is 10.7. The highest BCUT2D eigenvalue weighted by atomic mass is 19.4. The number of hydrogen-bond donors (Lipinski definition) is 1. The minimum atomic E-state index is -4.44. The maximum atomic E-state index is 12.7. The molecule has 1 fully saturated rings. The smallest absolute Gasteiger partial charge is 0.368 e. The van der Waals surface area contributed by atoms with Crippen molar-refractivity contribution in [3.05, 3.63) is 41.5 Å². The van der Waals surface area contributed by atoms with Gasteiger partial charge in [0.05, 0.1) is 5.56 Å². The van der Waals surface area contributed by atoms with Gasteiger partial charge in [0.1, 0.15) is 6.04 Å². The Morgan fingerprint density at radius 1 is 1.35 bits per heavy atom. The number of carbonyl (C=O) groups is 2. The van der Waals surface area contributed by atoms with Gasteiger partial charge in [0.15, 0.2) is 0 Å². The first-order valence-corrected chi connectivity index (χ1v) is 7.16. The Morgan fingerprint density at radius 2 is 2.04 bits per heavy atom. The Bertz CT molecular complexity index is 653. The number of halogens is 3. The second-order valence-electron chi connectivity index (χ2n) is 5.50. The maximum absolute atomic E-state index is 12.7. The molecule has 2 amide bonds. The van der Waals surface area contributed by atoms with Crippen molar-refractivity contribution in [3.8, 4) is 0 Å². The van der Waals surface area contributed by atoms with Crippen molar-refractivity contribution in [1.82, 2.24) is 4.90 Å². The highest BCUT2D eigenvalue weighted by Gasteiger charge is 2.32. The predicted octanol–water partition coefficient (Wildman–Crippen LogP) is 2.59. The number of carbonyl (C=O) groups excluding carboxylic acids is 2. The van der Waals surface area contributed by atoms with E-state index in [0.29, 0.717) is 30.5 Å². The van der Waals surface area contributed by atoms with Gasteiger partial charge < -0.3 is 10.6 Å². The van der Waals surface area contributed by atoms with Crippen molar-refractivity contribution >= 4 is 17.4 Å². The molecular weight excluding hydrogens is 309 g/mol. The Labute approximate surface area is 131 Å². The van der Waals surface area contributed by atoms with Crippen LogP contribution in [0.5, 0.6) is 0 Å². The van der Waals surface area contributed by atoms with Crippen LogP contribution in [0.3, 0.4) is 0 Å². The van der Waals surface area contributed by atoms with Crippen molar-refractivity contribution < 1.29 is 22.8 Å². The Hall–Kier alpha value is -2.31. The van der Waals surface area contributed by atoms with Crippen LogP contribution in [0, 0.1) is 0 Å². The van der Waals surface area contributed by atoms with Crippen LogP contribution < -0.4 is 5.73 Å². The molecule has 2 N–H and O–H groups in total. The Kier molecular flexibility index (Phi) is 4.77. The second-order valence-corrected chi connectivity index (χ2v) is 5.50. The van der Waals surface area contributed by atoms with Gasteiger partial charge >= 0.3 is 6.18 Å². The number of amides is 2. The minimum absolute atomic E-state index is 0.308. The molecule has 0 unspecified atom stereocenters. The molecule has 0 aliphatic carbocycles. The van der Waals surface area contributed by atoms with E-state index in [4.69, 9.17) is 5.73 Å². The van der Waals surface area contributed by atoms with Crippen LogP contribution in [0.2, 0.25) is 0 Å². The number of rotatable bonds is 3. The summed E-state index contributed by atoms with van der Waals surface area (Å²) in [6.07, 6.45) is -2.00. The third-order valence-corrected chi connectivity index (χ3v) is 3.85. The first kappa shape index (κ1) is 17.1. The SMILES string of the molecule is C/C(=C\C(=O)N1CCC[C@H]1C(N)=O)c1cccc(C(F)(F)F)c1. The van der Waals surface area contributed by atoms with Crippen molar-refractivity contribution in [2.24, 2.45) is 5.73 Å². The Balaban J connectivity index is 2.22. The first-order valence-electron chi connectivity index (χ1n) is 7.16. The van der Waals surface area contributed by atoms with Gasteiger partial charge in [-0.05, 0) is 43.0 Å². The quantitative estimate of drug-likeness (QED) is 0.868. The number of allylic oxidation sites excluding steroid dienone is 1. The zero-order valence-electron chi connectivity index (χ0n) is 12.6. The van der Waals surface area contributed by atoms with Gasteiger partial charge in [0, 0.05) is 12.6 Å². The van der Waals surface area contributed by atoms with E-state index >= 15 is 0 Å². The van der Waals surface area contributed by atoms with Crippen LogP contribution in [0.15, 0.2) is 30.3 Å². The molecular formula is C16H17F3N2O2. The molecule has 4 nitrogen and oxygen atoms in total. The summed E-state index contributed by atoms with van der Waals surface area (Å²) in [6, 6.07) is 4.12. The van der Waals surface area contributed by atoms with E-state index in [0.717, 1.165) is 12.1 Å². The van der Waals surface area contributed by atoms with Gasteiger partial charge in [0.25, 0.3) is 0 Å². The molecule has 1 saturated heterocycles. The van der Waals surface area contributed by atoms with Gasteiger partial charge in [0.2, 0.25) is 11.8 Å². The fourth-order valence-electron chi connectivity index (χ4n) is 2.62. The third-order valence-electron chi connectivity index (χ3n) is 3.85. The summed E-state index contributed by atoms with van der Waals surface area (Å²) in [6.45, 7) is 1.97. The van der Waals surface area contributed by atoms with E-state index in [2.05, 4.69) is 0 Å². The summed E-state index contributed by atoms with van der Waals surface area (Å²) in [5.41, 5.74) is 5.19. The number of hydrogen-bond acceptors (Lipinski definition) is 2. The molecule has 1 atom stereocenters. The van der Waals surface area contributed by atoms with Gasteiger partial charge in [-0.1, -0.05) is 12.1 Å². The third kappa shape index (κ3) is 3.91. The average Bonchev–Trinajstić information content (AvgIpc) is 2.96. The zero-order valence-corrected chi connectivity index (χ0v) is 12.6. The molecule has 0 radical (unpaired) electrons. The van der Waals surface area contributed by atoms with Gasteiger partial charge in [-0.25, -0.2) is 0 Å². The second kappa shape index (κ2) is 6.44. The number of likely N-dealkylation sites (tertiary alicyclic amines) is 1. The summed E-state index contributed by atoms with van der Waals surface area (Å²) >= 11 is 0. The number of primary amides is 1. The lowest BCUT2D eigenvalue weighted by Crippen LogP contribution is -2.43. The highest BCUT2D eigenvalue weighted by molar-refractivity contribution is 5.97.